The van der Waals surface area contributed by atoms with Crippen LogP contribution in [0, 0.1) is 13.8 Å². The average molecular weight is 467 g/mol. The zero-order valence-corrected chi connectivity index (χ0v) is 17.7. The molecule has 0 saturated heterocycles. The van der Waals surface area contributed by atoms with Crippen molar-refractivity contribution in [2.75, 3.05) is 0 Å². The Kier molecular flexibility index (Phi) is 4.68. The van der Waals surface area contributed by atoms with Crippen molar-refractivity contribution in [3.05, 3.63) is 86.9 Å². The van der Waals surface area contributed by atoms with E-state index in [9.17, 15) is 0 Å². The minimum atomic E-state index is 1.02. The van der Waals surface area contributed by atoms with Gasteiger partial charge >= 0.3 is 0 Å². The molecule has 3 aromatic carbocycles. The Balaban J connectivity index is 2.11. The smallest absolute Gasteiger partial charge is 0.0790 e. The van der Waals surface area contributed by atoms with Crippen molar-refractivity contribution in [3.8, 4) is 22.4 Å². The second-order valence-electron chi connectivity index (χ2n) is 6.48. The molecule has 0 amide bonds. The predicted molar refractivity (Wildman–Crippen MR) is 117 cm³/mol. The Morgan fingerprint density at radius 3 is 1.85 bits per heavy atom. The SMILES string of the molecule is Cc1ccc2c(C)nc(-c3ccc(Br)cc3)c(-c3ccc(Br)cc3)c2c1. The minimum Gasteiger partial charge on any atom is -0.252 e. The lowest BCUT2D eigenvalue weighted by Crippen LogP contribution is -1.96. The monoisotopic (exact) mass is 465 g/mol. The number of rotatable bonds is 2. The maximum atomic E-state index is 5.00. The zero-order chi connectivity index (χ0) is 18.3. The zero-order valence-electron chi connectivity index (χ0n) is 14.6. The summed E-state index contributed by atoms with van der Waals surface area (Å²) < 4.78 is 2.15. The summed E-state index contributed by atoms with van der Waals surface area (Å²) in [6, 6.07) is 23.5. The summed E-state index contributed by atoms with van der Waals surface area (Å²) in [6.07, 6.45) is 0. The number of fused-ring (bicyclic) bond motifs is 1. The molecule has 128 valence electrons. The molecule has 1 heterocycles. The number of hydrogen-bond donors (Lipinski definition) is 0. The lowest BCUT2D eigenvalue weighted by atomic mass is 9.92. The highest BCUT2D eigenvalue weighted by Crippen LogP contribution is 2.38. The second-order valence-corrected chi connectivity index (χ2v) is 8.31. The Labute approximate surface area is 170 Å². The van der Waals surface area contributed by atoms with Crippen LogP contribution in [0.15, 0.2) is 75.7 Å². The minimum absolute atomic E-state index is 1.02. The van der Waals surface area contributed by atoms with E-state index in [-0.39, 0.29) is 0 Å². The largest absolute Gasteiger partial charge is 0.252 e. The molecule has 4 rings (SSSR count). The van der Waals surface area contributed by atoms with Crippen LogP contribution in [0.2, 0.25) is 0 Å². The normalized spacial score (nSPS) is 11.1. The molecule has 0 unspecified atom stereocenters. The van der Waals surface area contributed by atoms with Crippen molar-refractivity contribution in [3.63, 3.8) is 0 Å². The van der Waals surface area contributed by atoms with Gasteiger partial charge in [-0.25, -0.2) is 0 Å². The van der Waals surface area contributed by atoms with Gasteiger partial charge in [0.1, 0.15) is 0 Å². The highest BCUT2D eigenvalue weighted by Gasteiger charge is 2.16. The van der Waals surface area contributed by atoms with E-state index in [1.165, 1.54) is 27.5 Å². The van der Waals surface area contributed by atoms with E-state index in [1.807, 2.05) is 0 Å². The van der Waals surface area contributed by atoms with Crippen LogP contribution in [0.4, 0.5) is 0 Å². The number of aromatic nitrogens is 1. The van der Waals surface area contributed by atoms with E-state index >= 15 is 0 Å². The third kappa shape index (κ3) is 3.22. The third-order valence-electron chi connectivity index (χ3n) is 4.60. The fraction of sp³-hybridized carbons (Fsp3) is 0.0870. The molecule has 0 saturated carbocycles. The van der Waals surface area contributed by atoms with Gasteiger partial charge in [0.15, 0.2) is 0 Å². The highest BCUT2D eigenvalue weighted by atomic mass is 79.9. The Hall–Kier alpha value is -1.97. The van der Waals surface area contributed by atoms with Gasteiger partial charge in [-0.3, -0.25) is 4.98 Å². The molecule has 0 spiro atoms. The van der Waals surface area contributed by atoms with Crippen LogP contribution in [0.25, 0.3) is 33.2 Å². The quantitative estimate of drug-likeness (QED) is 0.294. The maximum absolute atomic E-state index is 5.00. The number of nitrogens with zero attached hydrogens (tertiary/aromatic N) is 1. The van der Waals surface area contributed by atoms with Gasteiger partial charge in [0, 0.05) is 31.2 Å². The maximum Gasteiger partial charge on any atom is 0.0790 e. The molecule has 0 aliphatic heterocycles. The van der Waals surface area contributed by atoms with Crippen molar-refractivity contribution in [2.24, 2.45) is 0 Å². The second kappa shape index (κ2) is 6.98. The lowest BCUT2D eigenvalue weighted by molar-refractivity contribution is 1.24. The molecule has 1 nitrogen and oxygen atoms in total. The van der Waals surface area contributed by atoms with Gasteiger partial charge in [0.05, 0.1) is 5.69 Å². The van der Waals surface area contributed by atoms with Crippen molar-refractivity contribution in [1.82, 2.24) is 4.98 Å². The van der Waals surface area contributed by atoms with E-state index in [0.717, 1.165) is 25.9 Å². The van der Waals surface area contributed by atoms with Crippen molar-refractivity contribution >= 4 is 42.6 Å². The van der Waals surface area contributed by atoms with Gasteiger partial charge in [-0.2, -0.15) is 0 Å². The summed E-state index contributed by atoms with van der Waals surface area (Å²) in [7, 11) is 0. The van der Waals surface area contributed by atoms with Crippen LogP contribution < -0.4 is 0 Å². The molecule has 3 heteroatoms. The first kappa shape index (κ1) is 17.4. The van der Waals surface area contributed by atoms with Gasteiger partial charge in [0.25, 0.3) is 0 Å². The standard InChI is InChI=1S/C23H17Br2N/c1-14-3-12-20-15(2)26-23(17-6-10-19(25)11-7-17)22(21(20)13-14)16-4-8-18(24)9-5-16/h3-13H,1-2H3. The molecule has 1 aromatic heterocycles. The van der Waals surface area contributed by atoms with E-state index in [2.05, 4.69) is 112 Å². The van der Waals surface area contributed by atoms with Gasteiger partial charge in [0.2, 0.25) is 0 Å². The Bertz CT molecular complexity index is 1100. The molecular formula is C23H17Br2N. The van der Waals surface area contributed by atoms with Gasteiger partial charge in [-0.05, 0) is 49.1 Å². The first-order valence-electron chi connectivity index (χ1n) is 8.46. The van der Waals surface area contributed by atoms with Crippen LogP contribution in [0.1, 0.15) is 11.3 Å². The fourth-order valence-corrected chi connectivity index (χ4v) is 3.85. The summed E-state index contributed by atoms with van der Waals surface area (Å²) in [5, 5.41) is 2.45. The molecule has 4 aromatic rings. The Morgan fingerprint density at radius 2 is 1.23 bits per heavy atom. The summed E-state index contributed by atoms with van der Waals surface area (Å²) in [5.41, 5.74) is 6.81. The topological polar surface area (TPSA) is 12.9 Å². The van der Waals surface area contributed by atoms with E-state index in [0.29, 0.717) is 0 Å². The molecule has 26 heavy (non-hydrogen) atoms. The highest BCUT2D eigenvalue weighted by molar-refractivity contribution is 9.10. The number of benzene rings is 3. The number of halogens is 2. The molecule has 0 fully saturated rings. The number of aryl methyl sites for hydroxylation is 2. The van der Waals surface area contributed by atoms with Crippen LogP contribution in [-0.4, -0.2) is 4.98 Å². The molecule has 0 atom stereocenters. The van der Waals surface area contributed by atoms with E-state index in [4.69, 9.17) is 4.98 Å². The van der Waals surface area contributed by atoms with E-state index < -0.39 is 0 Å². The summed E-state index contributed by atoms with van der Waals surface area (Å²) in [6.45, 7) is 4.23. The predicted octanol–water partition coefficient (Wildman–Crippen LogP) is 7.71. The molecule has 0 radical (unpaired) electrons. The van der Waals surface area contributed by atoms with Crippen LogP contribution in [-0.2, 0) is 0 Å². The van der Waals surface area contributed by atoms with Crippen LogP contribution in [0.5, 0.6) is 0 Å². The number of hydrogen-bond acceptors (Lipinski definition) is 1. The van der Waals surface area contributed by atoms with Crippen molar-refractivity contribution in [1.29, 1.82) is 0 Å². The molecule has 0 aliphatic rings. The van der Waals surface area contributed by atoms with Crippen LogP contribution >= 0.6 is 31.9 Å². The van der Waals surface area contributed by atoms with Gasteiger partial charge < -0.3 is 0 Å². The van der Waals surface area contributed by atoms with Gasteiger partial charge in [-0.1, -0.05) is 79.9 Å². The van der Waals surface area contributed by atoms with Crippen LogP contribution in [0.3, 0.4) is 0 Å². The first-order valence-corrected chi connectivity index (χ1v) is 10.0. The van der Waals surface area contributed by atoms with E-state index in [1.54, 1.807) is 0 Å². The lowest BCUT2D eigenvalue weighted by Gasteiger charge is -2.16. The molecule has 0 N–H and O–H groups in total. The molecule has 0 aliphatic carbocycles. The van der Waals surface area contributed by atoms with Gasteiger partial charge in [-0.15, -0.1) is 0 Å². The average Bonchev–Trinajstić information content (AvgIpc) is 2.63. The summed E-state index contributed by atoms with van der Waals surface area (Å²) >= 11 is 7.07. The molecular weight excluding hydrogens is 450 g/mol. The Morgan fingerprint density at radius 1 is 0.654 bits per heavy atom. The van der Waals surface area contributed by atoms with Crippen molar-refractivity contribution < 1.29 is 0 Å². The van der Waals surface area contributed by atoms with Crippen molar-refractivity contribution in [2.45, 2.75) is 13.8 Å². The number of pyridine rings is 1. The molecule has 0 bridgehead atoms. The first-order chi connectivity index (χ1) is 12.5. The fourth-order valence-electron chi connectivity index (χ4n) is 3.32. The summed E-state index contributed by atoms with van der Waals surface area (Å²) in [5.74, 6) is 0. The summed E-state index contributed by atoms with van der Waals surface area (Å²) in [4.78, 5) is 5.00. The third-order valence-corrected chi connectivity index (χ3v) is 5.66.